The smallest absolute Gasteiger partial charge is 0.150 e. The number of nitriles is 1. The van der Waals surface area contributed by atoms with E-state index in [-0.39, 0.29) is 11.4 Å². The Morgan fingerprint density at radius 1 is 1.19 bits per heavy atom. The van der Waals surface area contributed by atoms with E-state index in [4.69, 9.17) is 4.52 Å². The number of fused-ring (bicyclic) bond motifs is 1. The van der Waals surface area contributed by atoms with E-state index in [0.29, 0.717) is 39.2 Å². The number of para-hydroxylation sites is 1. The lowest BCUT2D eigenvalue weighted by molar-refractivity contribution is 0.393. The Balaban J connectivity index is 2.22. The van der Waals surface area contributed by atoms with Crippen LogP contribution in [-0.4, -0.2) is 14.8 Å². The van der Waals surface area contributed by atoms with Crippen LogP contribution < -0.4 is 0 Å². The zero-order chi connectivity index (χ0) is 18.4. The van der Waals surface area contributed by atoms with Crippen LogP contribution >= 0.6 is 0 Å². The first-order chi connectivity index (χ1) is 12.5. The maximum atomic E-state index is 14.7. The highest BCUT2D eigenvalue weighted by molar-refractivity contribution is 5.96. The van der Waals surface area contributed by atoms with Crippen molar-refractivity contribution >= 4 is 10.9 Å². The molecule has 26 heavy (non-hydrogen) atoms. The number of aryl methyl sites for hydroxylation is 2. The zero-order valence-corrected chi connectivity index (χ0v) is 14.1. The van der Waals surface area contributed by atoms with Crippen LogP contribution in [-0.2, 0) is 0 Å². The van der Waals surface area contributed by atoms with Crippen molar-refractivity contribution < 1.29 is 14.0 Å². The molecule has 4 aromatic rings. The lowest BCUT2D eigenvalue weighted by atomic mass is 10.0. The normalized spacial score (nSPS) is 11.0. The second kappa shape index (κ2) is 5.74. The van der Waals surface area contributed by atoms with Gasteiger partial charge in [0.25, 0.3) is 0 Å². The van der Waals surface area contributed by atoms with Crippen LogP contribution in [0.3, 0.4) is 0 Å². The van der Waals surface area contributed by atoms with Crippen molar-refractivity contribution in [2.24, 2.45) is 0 Å². The van der Waals surface area contributed by atoms with Crippen LogP contribution in [0.5, 0.6) is 5.75 Å². The van der Waals surface area contributed by atoms with Gasteiger partial charge in [0, 0.05) is 11.5 Å². The van der Waals surface area contributed by atoms with Gasteiger partial charge in [0.1, 0.15) is 17.6 Å². The molecular formula is C20H14FN3O2. The van der Waals surface area contributed by atoms with E-state index in [9.17, 15) is 14.8 Å². The van der Waals surface area contributed by atoms with Crippen molar-refractivity contribution in [1.29, 1.82) is 5.26 Å². The van der Waals surface area contributed by atoms with Crippen molar-refractivity contribution in [2.75, 3.05) is 0 Å². The SMILES string of the molecule is Cc1noc(C)c1-c1c(C#N)c2ccccc2n1-c1ccc(O)cc1F. The summed E-state index contributed by atoms with van der Waals surface area (Å²) in [6.07, 6.45) is 0. The number of rotatable bonds is 2. The number of aromatic hydroxyl groups is 1. The molecule has 0 bridgehead atoms. The standard InChI is InChI=1S/C20H14FN3O2/c1-11-19(12(2)26-23-11)20-15(10-22)14-5-3-4-6-17(14)24(20)18-8-7-13(25)9-16(18)21/h3-9,25H,1-2H3. The summed E-state index contributed by atoms with van der Waals surface area (Å²) < 4.78 is 21.7. The Morgan fingerprint density at radius 3 is 2.62 bits per heavy atom. The summed E-state index contributed by atoms with van der Waals surface area (Å²) in [6.45, 7) is 3.54. The molecule has 0 saturated heterocycles. The van der Waals surface area contributed by atoms with Crippen LogP contribution in [0.1, 0.15) is 17.0 Å². The number of phenolic OH excluding ortho intramolecular Hbond substituents is 1. The van der Waals surface area contributed by atoms with Gasteiger partial charge in [-0.05, 0) is 32.0 Å². The molecule has 0 fully saturated rings. The first-order valence-corrected chi connectivity index (χ1v) is 7.98. The van der Waals surface area contributed by atoms with E-state index in [1.54, 1.807) is 18.4 Å². The quantitative estimate of drug-likeness (QED) is 0.574. The highest BCUT2D eigenvalue weighted by Gasteiger charge is 2.25. The molecule has 2 heterocycles. The molecule has 0 amide bonds. The number of aromatic nitrogens is 2. The molecule has 0 aliphatic carbocycles. The summed E-state index contributed by atoms with van der Waals surface area (Å²) in [5.41, 5.74) is 3.13. The molecule has 0 atom stereocenters. The third kappa shape index (κ3) is 2.18. The first kappa shape index (κ1) is 15.9. The minimum Gasteiger partial charge on any atom is -0.508 e. The summed E-state index contributed by atoms with van der Waals surface area (Å²) in [5, 5.41) is 24.1. The van der Waals surface area contributed by atoms with Gasteiger partial charge in [0.2, 0.25) is 0 Å². The predicted octanol–water partition coefficient (Wildman–Crippen LogP) is 4.62. The lowest BCUT2D eigenvalue weighted by Crippen LogP contribution is -2.01. The van der Waals surface area contributed by atoms with Gasteiger partial charge in [-0.1, -0.05) is 23.4 Å². The molecule has 128 valence electrons. The molecule has 0 spiro atoms. The lowest BCUT2D eigenvalue weighted by Gasteiger charge is -2.12. The average Bonchev–Trinajstić information content (AvgIpc) is 3.11. The Kier molecular flexibility index (Phi) is 3.51. The van der Waals surface area contributed by atoms with Crippen molar-refractivity contribution in [1.82, 2.24) is 9.72 Å². The van der Waals surface area contributed by atoms with Gasteiger partial charge in [-0.3, -0.25) is 0 Å². The number of nitrogens with zero attached hydrogens (tertiary/aromatic N) is 3. The Bertz CT molecular complexity index is 1180. The highest BCUT2D eigenvalue weighted by Crippen LogP contribution is 2.39. The summed E-state index contributed by atoms with van der Waals surface area (Å²) in [4.78, 5) is 0. The topological polar surface area (TPSA) is 75.0 Å². The van der Waals surface area contributed by atoms with E-state index in [0.717, 1.165) is 6.07 Å². The third-order valence-electron chi connectivity index (χ3n) is 4.43. The van der Waals surface area contributed by atoms with Gasteiger partial charge >= 0.3 is 0 Å². The van der Waals surface area contributed by atoms with Crippen LogP contribution in [0.4, 0.5) is 4.39 Å². The van der Waals surface area contributed by atoms with E-state index < -0.39 is 5.82 Å². The monoisotopic (exact) mass is 347 g/mol. The predicted molar refractivity (Wildman–Crippen MR) is 94.6 cm³/mol. The van der Waals surface area contributed by atoms with Crippen LogP contribution in [0.25, 0.3) is 27.8 Å². The summed E-state index contributed by atoms with van der Waals surface area (Å²) >= 11 is 0. The van der Waals surface area contributed by atoms with Gasteiger partial charge in [-0.2, -0.15) is 5.26 Å². The van der Waals surface area contributed by atoms with Gasteiger partial charge < -0.3 is 14.2 Å². The van der Waals surface area contributed by atoms with Gasteiger partial charge in [-0.25, -0.2) is 4.39 Å². The minimum absolute atomic E-state index is 0.165. The van der Waals surface area contributed by atoms with Crippen LogP contribution in [0.15, 0.2) is 47.0 Å². The maximum Gasteiger partial charge on any atom is 0.150 e. The van der Waals surface area contributed by atoms with Crippen LogP contribution in [0, 0.1) is 31.0 Å². The Labute approximate surface area is 148 Å². The second-order valence-corrected chi connectivity index (χ2v) is 6.02. The molecule has 4 rings (SSSR count). The molecule has 6 heteroatoms. The third-order valence-corrected chi connectivity index (χ3v) is 4.43. The van der Waals surface area contributed by atoms with Gasteiger partial charge in [0.05, 0.1) is 33.7 Å². The van der Waals surface area contributed by atoms with E-state index in [2.05, 4.69) is 11.2 Å². The summed E-state index contributed by atoms with van der Waals surface area (Å²) in [7, 11) is 0. The molecule has 2 aromatic heterocycles. The molecular weight excluding hydrogens is 333 g/mol. The Hall–Kier alpha value is -3.59. The van der Waals surface area contributed by atoms with E-state index in [1.165, 1.54) is 12.1 Å². The molecule has 0 radical (unpaired) electrons. The van der Waals surface area contributed by atoms with E-state index in [1.807, 2.05) is 24.3 Å². The molecule has 1 N–H and O–H groups in total. The largest absolute Gasteiger partial charge is 0.508 e. The fourth-order valence-corrected chi connectivity index (χ4v) is 3.34. The Morgan fingerprint density at radius 2 is 1.96 bits per heavy atom. The number of hydrogen-bond acceptors (Lipinski definition) is 4. The summed E-state index contributed by atoms with van der Waals surface area (Å²) in [6, 6.07) is 13.5. The summed E-state index contributed by atoms with van der Waals surface area (Å²) in [5.74, 6) is -0.215. The van der Waals surface area contributed by atoms with Crippen LogP contribution in [0.2, 0.25) is 0 Å². The fourth-order valence-electron chi connectivity index (χ4n) is 3.34. The van der Waals surface area contributed by atoms with Crippen molar-refractivity contribution in [3.8, 4) is 28.8 Å². The van der Waals surface area contributed by atoms with E-state index >= 15 is 0 Å². The van der Waals surface area contributed by atoms with Gasteiger partial charge in [0.15, 0.2) is 5.82 Å². The van der Waals surface area contributed by atoms with Crippen molar-refractivity contribution in [3.63, 3.8) is 0 Å². The number of phenols is 1. The minimum atomic E-state index is -0.594. The molecule has 0 aliphatic rings. The molecule has 0 saturated carbocycles. The first-order valence-electron chi connectivity index (χ1n) is 7.98. The number of halogens is 1. The average molecular weight is 347 g/mol. The molecule has 2 aromatic carbocycles. The van der Waals surface area contributed by atoms with Gasteiger partial charge in [-0.15, -0.1) is 0 Å². The van der Waals surface area contributed by atoms with Crippen molar-refractivity contribution in [3.05, 3.63) is 65.3 Å². The number of hydrogen-bond donors (Lipinski definition) is 1. The second-order valence-electron chi connectivity index (χ2n) is 6.02. The fraction of sp³-hybridized carbons (Fsp3) is 0.100. The maximum absolute atomic E-state index is 14.7. The molecule has 5 nitrogen and oxygen atoms in total. The highest BCUT2D eigenvalue weighted by atomic mass is 19.1. The molecule has 0 aliphatic heterocycles. The van der Waals surface area contributed by atoms with Crippen molar-refractivity contribution in [2.45, 2.75) is 13.8 Å². The number of benzene rings is 2. The molecule has 0 unspecified atom stereocenters. The zero-order valence-electron chi connectivity index (χ0n) is 14.1.